The summed E-state index contributed by atoms with van der Waals surface area (Å²) in [6.07, 6.45) is 1.54. The zero-order valence-corrected chi connectivity index (χ0v) is 13.8. The van der Waals surface area contributed by atoms with Crippen molar-refractivity contribution in [3.8, 4) is 0 Å². The summed E-state index contributed by atoms with van der Waals surface area (Å²) in [5.41, 5.74) is -0.378. The van der Waals surface area contributed by atoms with Crippen LogP contribution in [0.2, 0.25) is 0 Å². The third-order valence-electron chi connectivity index (χ3n) is 6.30. The van der Waals surface area contributed by atoms with Crippen molar-refractivity contribution >= 4 is 11.8 Å². The van der Waals surface area contributed by atoms with Crippen LogP contribution < -0.4 is 0 Å². The van der Waals surface area contributed by atoms with Crippen LogP contribution >= 0.6 is 0 Å². The maximum absolute atomic E-state index is 13.1. The summed E-state index contributed by atoms with van der Waals surface area (Å²) in [5.74, 6) is 0.925. The van der Waals surface area contributed by atoms with Gasteiger partial charge >= 0.3 is 5.97 Å². The van der Waals surface area contributed by atoms with E-state index in [1.54, 1.807) is 0 Å². The summed E-state index contributed by atoms with van der Waals surface area (Å²) in [5, 5.41) is 0. The molecule has 2 saturated carbocycles. The number of carbonyl (C=O) groups is 2. The lowest BCUT2D eigenvalue weighted by molar-refractivity contribution is -0.152. The van der Waals surface area contributed by atoms with Crippen LogP contribution in [0.3, 0.4) is 0 Å². The Morgan fingerprint density at radius 2 is 1.95 bits per heavy atom. The van der Waals surface area contributed by atoms with E-state index in [4.69, 9.17) is 4.74 Å². The van der Waals surface area contributed by atoms with E-state index in [-0.39, 0.29) is 34.9 Å². The first-order valence-electron chi connectivity index (χ1n) is 8.18. The standard InChI is InChI=1S/C17H27NO3/c1-9(2)12-13-11-7-6-10(8-18(4)5)17(11,3)15(19)14(12)21-16(13)20/h9-14H,6-8H2,1-5H3/t10-,11-,12+,13+,14+,17-/m0/s1. The number of nitrogens with zero attached hydrogens (tertiary/aromatic N) is 1. The quantitative estimate of drug-likeness (QED) is 0.747. The molecule has 21 heavy (non-hydrogen) atoms. The zero-order valence-electron chi connectivity index (χ0n) is 13.8. The predicted octanol–water partition coefficient (Wildman–Crippen LogP) is 1.98. The van der Waals surface area contributed by atoms with Gasteiger partial charge in [-0.15, -0.1) is 0 Å². The fraction of sp³-hybridized carbons (Fsp3) is 0.882. The van der Waals surface area contributed by atoms with Crippen LogP contribution in [0, 0.1) is 35.0 Å². The Bertz CT molecular complexity index is 473. The Morgan fingerprint density at radius 3 is 2.52 bits per heavy atom. The molecule has 118 valence electrons. The van der Waals surface area contributed by atoms with Crippen molar-refractivity contribution in [2.24, 2.45) is 35.0 Å². The molecule has 2 bridgehead atoms. The second-order valence-electron chi connectivity index (χ2n) is 7.99. The first-order valence-corrected chi connectivity index (χ1v) is 8.18. The molecule has 0 aromatic carbocycles. The summed E-state index contributed by atoms with van der Waals surface area (Å²) < 4.78 is 5.52. The molecule has 0 unspecified atom stereocenters. The average Bonchev–Trinajstić information content (AvgIpc) is 2.85. The number of Topliss-reactive ketones (excluding diaryl/α,β-unsaturated/α-hetero) is 1. The molecular weight excluding hydrogens is 266 g/mol. The number of ether oxygens (including phenoxy) is 1. The Kier molecular flexibility index (Phi) is 3.43. The molecule has 0 spiro atoms. The number of esters is 1. The Hall–Kier alpha value is -0.900. The lowest BCUT2D eigenvalue weighted by atomic mass is 9.55. The highest BCUT2D eigenvalue weighted by molar-refractivity contribution is 5.97. The smallest absolute Gasteiger partial charge is 0.310 e. The van der Waals surface area contributed by atoms with Crippen molar-refractivity contribution < 1.29 is 14.3 Å². The molecule has 1 saturated heterocycles. The minimum Gasteiger partial charge on any atom is -0.454 e. The summed E-state index contributed by atoms with van der Waals surface area (Å²) in [7, 11) is 4.11. The van der Waals surface area contributed by atoms with Gasteiger partial charge in [0.2, 0.25) is 0 Å². The lowest BCUT2D eigenvalue weighted by Crippen LogP contribution is -2.55. The van der Waals surface area contributed by atoms with Gasteiger partial charge < -0.3 is 9.64 Å². The van der Waals surface area contributed by atoms with E-state index in [1.807, 2.05) is 0 Å². The maximum atomic E-state index is 13.1. The van der Waals surface area contributed by atoms with E-state index in [0.717, 1.165) is 19.4 Å². The molecule has 0 amide bonds. The molecule has 0 aromatic heterocycles. The van der Waals surface area contributed by atoms with E-state index < -0.39 is 6.10 Å². The Labute approximate surface area is 127 Å². The second kappa shape index (κ2) is 4.80. The highest BCUT2D eigenvalue weighted by atomic mass is 16.6. The van der Waals surface area contributed by atoms with Crippen molar-refractivity contribution in [2.45, 2.75) is 39.7 Å². The monoisotopic (exact) mass is 293 g/mol. The molecule has 4 nitrogen and oxygen atoms in total. The van der Waals surface area contributed by atoms with Crippen molar-refractivity contribution in [1.82, 2.24) is 4.90 Å². The van der Waals surface area contributed by atoms with Gasteiger partial charge in [0, 0.05) is 17.9 Å². The number of fused-ring (bicyclic) bond motifs is 4. The average molecular weight is 293 g/mol. The van der Waals surface area contributed by atoms with E-state index in [9.17, 15) is 9.59 Å². The van der Waals surface area contributed by atoms with Gasteiger partial charge in [0.05, 0.1) is 5.92 Å². The van der Waals surface area contributed by atoms with E-state index in [0.29, 0.717) is 11.8 Å². The fourth-order valence-electron chi connectivity index (χ4n) is 5.30. The molecule has 2 aliphatic carbocycles. The van der Waals surface area contributed by atoms with Crippen molar-refractivity contribution in [2.75, 3.05) is 20.6 Å². The largest absolute Gasteiger partial charge is 0.454 e. The molecule has 3 fully saturated rings. The van der Waals surface area contributed by atoms with Gasteiger partial charge in [0.1, 0.15) is 0 Å². The van der Waals surface area contributed by atoms with Crippen LogP contribution in [-0.4, -0.2) is 43.4 Å². The topological polar surface area (TPSA) is 46.6 Å². The SMILES string of the molecule is CC(C)[C@@H]1[C@@H]2C(=O)O[C@H]1C(=O)[C@@]1(C)[C@H](CN(C)C)CC[C@@H]21. The Balaban J connectivity index is 1.99. The van der Waals surface area contributed by atoms with Crippen LogP contribution in [0.25, 0.3) is 0 Å². The first kappa shape index (κ1) is 15.0. The zero-order chi connectivity index (χ0) is 15.5. The fourth-order valence-corrected chi connectivity index (χ4v) is 5.30. The summed E-state index contributed by atoms with van der Waals surface area (Å²) in [6, 6.07) is 0. The number of ketones is 1. The second-order valence-corrected chi connectivity index (χ2v) is 7.99. The molecule has 0 aromatic rings. The van der Waals surface area contributed by atoms with Gasteiger partial charge in [-0.25, -0.2) is 0 Å². The molecule has 1 heterocycles. The summed E-state index contributed by atoms with van der Waals surface area (Å²) in [4.78, 5) is 27.6. The van der Waals surface area contributed by atoms with Gasteiger partial charge in [-0.3, -0.25) is 9.59 Å². The van der Waals surface area contributed by atoms with Gasteiger partial charge in [-0.05, 0) is 44.7 Å². The number of carbonyl (C=O) groups excluding carboxylic acids is 2. The Morgan fingerprint density at radius 1 is 1.29 bits per heavy atom. The van der Waals surface area contributed by atoms with Gasteiger partial charge in [-0.1, -0.05) is 20.8 Å². The third kappa shape index (κ3) is 1.91. The molecule has 0 radical (unpaired) electrons. The van der Waals surface area contributed by atoms with Crippen LogP contribution in [0.5, 0.6) is 0 Å². The van der Waals surface area contributed by atoms with E-state index in [1.165, 1.54) is 0 Å². The van der Waals surface area contributed by atoms with Crippen LogP contribution in [0.1, 0.15) is 33.6 Å². The molecule has 6 atom stereocenters. The number of rotatable bonds is 3. The minimum absolute atomic E-state index is 0.0649. The third-order valence-corrected chi connectivity index (χ3v) is 6.30. The highest BCUT2D eigenvalue weighted by Gasteiger charge is 2.68. The van der Waals surface area contributed by atoms with Crippen LogP contribution in [-0.2, 0) is 14.3 Å². The van der Waals surface area contributed by atoms with Gasteiger partial charge in [0.15, 0.2) is 11.9 Å². The highest BCUT2D eigenvalue weighted by Crippen LogP contribution is 2.61. The normalized spacial score (nSPS) is 45.4. The van der Waals surface area contributed by atoms with Crippen molar-refractivity contribution in [3.05, 3.63) is 0 Å². The predicted molar refractivity (Wildman–Crippen MR) is 79.6 cm³/mol. The summed E-state index contributed by atoms with van der Waals surface area (Å²) >= 11 is 0. The van der Waals surface area contributed by atoms with E-state index >= 15 is 0 Å². The van der Waals surface area contributed by atoms with Crippen molar-refractivity contribution in [3.63, 3.8) is 0 Å². The van der Waals surface area contributed by atoms with E-state index in [2.05, 4.69) is 39.8 Å². The van der Waals surface area contributed by atoms with Gasteiger partial charge in [0.25, 0.3) is 0 Å². The van der Waals surface area contributed by atoms with Crippen LogP contribution in [0.4, 0.5) is 0 Å². The molecule has 3 rings (SSSR count). The summed E-state index contributed by atoms with van der Waals surface area (Å²) in [6.45, 7) is 7.22. The molecular formula is C17H27NO3. The number of hydrogen-bond acceptors (Lipinski definition) is 4. The van der Waals surface area contributed by atoms with Gasteiger partial charge in [-0.2, -0.15) is 0 Å². The number of hydrogen-bond donors (Lipinski definition) is 0. The molecule has 0 N–H and O–H groups in total. The maximum Gasteiger partial charge on any atom is 0.310 e. The van der Waals surface area contributed by atoms with Crippen LogP contribution in [0.15, 0.2) is 0 Å². The minimum atomic E-state index is -0.494. The molecule has 3 aliphatic rings. The van der Waals surface area contributed by atoms with Crippen molar-refractivity contribution in [1.29, 1.82) is 0 Å². The molecule has 1 aliphatic heterocycles. The first-order chi connectivity index (χ1) is 9.78. The lowest BCUT2D eigenvalue weighted by Gasteiger charge is -2.45. The molecule has 4 heteroatoms.